The van der Waals surface area contributed by atoms with Crippen LogP contribution in [-0.2, 0) is 16.0 Å². The Kier molecular flexibility index (Phi) is 4.99. The van der Waals surface area contributed by atoms with Crippen molar-refractivity contribution in [2.24, 2.45) is 5.92 Å². The second-order valence-electron chi connectivity index (χ2n) is 6.16. The molecule has 2 aromatic heterocycles. The number of nitrogens with one attached hydrogen (secondary N) is 1. The van der Waals surface area contributed by atoms with Crippen LogP contribution in [0.2, 0.25) is 0 Å². The average Bonchev–Trinajstić information content (AvgIpc) is 3.18. The lowest BCUT2D eigenvalue weighted by Gasteiger charge is -2.26. The quantitative estimate of drug-likeness (QED) is 0.866. The number of carboxylic acid groups (broad SMARTS) is 1. The molecular weight excluding hydrogens is 328 g/mol. The molecule has 1 fully saturated rings. The highest BCUT2D eigenvalue weighted by Crippen LogP contribution is 2.25. The van der Waals surface area contributed by atoms with E-state index in [9.17, 15) is 9.59 Å². The number of nitrogens with zero attached hydrogens (tertiary/aromatic N) is 1. The van der Waals surface area contributed by atoms with Gasteiger partial charge in [-0.2, -0.15) is 11.3 Å². The third kappa shape index (κ3) is 3.84. The van der Waals surface area contributed by atoms with Crippen LogP contribution in [0, 0.1) is 12.8 Å². The lowest BCUT2D eigenvalue weighted by Crippen LogP contribution is -2.39. The van der Waals surface area contributed by atoms with Crippen molar-refractivity contribution >= 4 is 23.2 Å². The van der Waals surface area contributed by atoms with Gasteiger partial charge in [-0.25, -0.2) is 4.98 Å². The molecule has 0 radical (unpaired) electrons. The molecule has 0 saturated heterocycles. The number of oxazole rings is 1. The SMILES string of the molecule is Cc1oc(-c2ccsc2)nc1CC(=O)NC1CCC(C(=O)O)CC1. The van der Waals surface area contributed by atoms with E-state index >= 15 is 0 Å². The second-order valence-corrected chi connectivity index (χ2v) is 6.95. The van der Waals surface area contributed by atoms with Gasteiger partial charge in [-0.15, -0.1) is 0 Å². The van der Waals surface area contributed by atoms with E-state index in [0.717, 1.165) is 5.56 Å². The summed E-state index contributed by atoms with van der Waals surface area (Å²) in [4.78, 5) is 27.6. The van der Waals surface area contributed by atoms with Gasteiger partial charge in [0.25, 0.3) is 0 Å². The highest BCUT2D eigenvalue weighted by molar-refractivity contribution is 7.08. The van der Waals surface area contributed by atoms with Crippen LogP contribution in [0.5, 0.6) is 0 Å². The van der Waals surface area contributed by atoms with Crippen molar-refractivity contribution in [2.45, 2.75) is 45.1 Å². The Labute approximate surface area is 143 Å². The predicted octanol–water partition coefficient (Wildman–Crippen LogP) is 3.01. The first kappa shape index (κ1) is 16.7. The molecule has 0 spiro atoms. The number of carboxylic acids is 1. The molecule has 0 aromatic carbocycles. The second kappa shape index (κ2) is 7.17. The number of amides is 1. The van der Waals surface area contributed by atoms with Gasteiger partial charge in [0.05, 0.1) is 18.0 Å². The van der Waals surface area contributed by atoms with Crippen molar-refractivity contribution in [3.63, 3.8) is 0 Å². The summed E-state index contributed by atoms with van der Waals surface area (Å²) in [6.45, 7) is 1.81. The number of thiophene rings is 1. The molecule has 1 saturated carbocycles. The van der Waals surface area contributed by atoms with Crippen molar-refractivity contribution in [3.8, 4) is 11.5 Å². The Hall–Kier alpha value is -2.15. The van der Waals surface area contributed by atoms with Gasteiger partial charge in [0.2, 0.25) is 11.8 Å². The minimum absolute atomic E-state index is 0.0525. The first-order valence-corrected chi connectivity index (χ1v) is 8.98. The van der Waals surface area contributed by atoms with Crippen LogP contribution in [0.4, 0.5) is 0 Å². The topological polar surface area (TPSA) is 92.4 Å². The molecule has 0 unspecified atom stereocenters. The summed E-state index contributed by atoms with van der Waals surface area (Å²) in [5.74, 6) is 0.0876. The van der Waals surface area contributed by atoms with Crippen LogP contribution in [0.15, 0.2) is 21.2 Å². The van der Waals surface area contributed by atoms with Crippen LogP contribution in [0.3, 0.4) is 0 Å². The van der Waals surface area contributed by atoms with Crippen LogP contribution in [0.25, 0.3) is 11.5 Å². The summed E-state index contributed by atoms with van der Waals surface area (Å²) in [6.07, 6.45) is 2.83. The molecule has 0 bridgehead atoms. The van der Waals surface area contributed by atoms with Gasteiger partial charge in [0.1, 0.15) is 5.76 Å². The smallest absolute Gasteiger partial charge is 0.306 e. The lowest BCUT2D eigenvalue weighted by molar-refractivity contribution is -0.142. The van der Waals surface area contributed by atoms with E-state index in [4.69, 9.17) is 9.52 Å². The zero-order valence-electron chi connectivity index (χ0n) is 13.4. The summed E-state index contributed by atoms with van der Waals surface area (Å²) in [5, 5.41) is 15.9. The maximum absolute atomic E-state index is 12.2. The van der Waals surface area contributed by atoms with Gasteiger partial charge in [-0.1, -0.05) is 0 Å². The number of hydrogen-bond acceptors (Lipinski definition) is 5. The normalized spacial score (nSPS) is 20.7. The molecule has 7 heteroatoms. The number of carbonyl (C=O) groups excluding carboxylic acids is 1. The van der Waals surface area contributed by atoms with E-state index in [2.05, 4.69) is 10.3 Å². The van der Waals surface area contributed by atoms with Gasteiger partial charge in [-0.05, 0) is 44.1 Å². The van der Waals surface area contributed by atoms with Gasteiger partial charge >= 0.3 is 5.97 Å². The fraction of sp³-hybridized carbons (Fsp3) is 0.471. The van der Waals surface area contributed by atoms with E-state index in [-0.39, 0.29) is 24.3 Å². The van der Waals surface area contributed by atoms with E-state index in [1.165, 1.54) is 0 Å². The third-order valence-electron chi connectivity index (χ3n) is 4.43. The number of hydrogen-bond donors (Lipinski definition) is 2. The average molecular weight is 348 g/mol. The Morgan fingerprint density at radius 1 is 1.38 bits per heavy atom. The van der Waals surface area contributed by atoms with Gasteiger partial charge in [-0.3, -0.25) is 9.59 Å². The Morgan fingerprint density at radius 3 is 2.75 bits per heavy atom. The molecule has 6 nitrogen and oxygen atoms in total. The highest BCUT2D eigenvalue weighted by atomic mass is 32.1. The predicted molar refractivity (Wildman–Crippen MR) is 89.8 cm³/mol. The summed E-state index contributed by atoms with van der Waals surface area (Å²) in [6, 6.07) is 1.98. The highest BCUT2D eigenvalue weighted by Gasteiger charge is 2.27. The molecule has 0 atom stereocenters. The molecule has 2 aromatic rings. The maximum Gasteiger partial charge on any atom is 0.306 e. The monoisotopic (exact) mass is 348 g/mol. The standard InChI is InChI=1S/C17H20N2O4S/c1-10-14(19-16(23-10)12-6-7-24-9-12)8-15(20)18-13-4-2-11(3-5-13)17(21)22/h6-7,9,11,13H,2-5,8H2,1H3,(H,18,20)(H,21,22). The first-order chi connectivity index (χ1) is 11.5. The van der Waals surface area contributed by atoms with Crippen molar-refractivity contribution < 1.29 is 19.1 Å². The summed E-state index contributed by atoms with van der Waals surface area (Å²) in [7, 11) is 0. The summed E-state index contributed by atoms with van der Waals surface area (Å²) < 4.78 is 5.64. The largest absolute Gasteiger partial charge is 0.481 e. The minimum Gasteiger partial charge on any atom is -0.481 e. The van der Waals surface area contributed by atoms with Crippen molar-refractivity contribution in [1.82, 2.24) is 10.3 Å². The Bertz CT molecular complexity index is 715. The third-order valence-corrected chi connectivity index (χ3v) is 5.11. The zero-order chi connectivity index (χ0) is 17.1. The molecule has 1 aliphatic rings. The number of carbonyl (C=O) groups is 2. The maximum atomic E-state index is 12.2. The van der Waals surface area contributed by atoms with E-state index < -0.39 is 5.97 Å². The van der Waals surface area contributed by atoms with Crippen molar-refractivity contribution in [2.75, 3.05) is 0 Å². The molecule has 1 amide bonds. The molecule has 24 heavy (non-hydrogen) atoms. The molecular formula is C17H20N2O4S. The first-order valence-electron chi connectivity index (χ1n) is 8.04. The van der Waals surface area contributed by atoms with E-state index in [1.807, 2.05) is 23.8 Å². The Morgan fingerprint density at radius 2 is 2.12 bits per heavy atom. The van der Waals surface area contributed by atoms with Crippen molar-refractivity contribution in [3.05, 3.63) is 28.3 Å². The van der Waals surface area contributed by atoms with Crippen LogP contribution < -0.4 is 5.32 Å². The summed E-state index contributed by atoms with van der Waals surface area (Å²) >= 11 is 1.57. The fourth-order valence-corrected chi connectivity index (χ4v) is 3.65. The molecule has 3 rings (SSSR count). The van der Waals surface area contributed by atoms with Gasteiger partial charge in [0.15, 0.2) is 0 Å². The molecule has 1 aliphatic carbocycles. The van der Waals surface area contributed by atoms with Crippen LogP contribution in [-0.4, -0.2) is 28.0 Å². The number of aliphatic carboxylic acids is 1. The Balaban J connectivity index is 1.55. The van der Waals surface area contributed by atoms with Crippen molar-refractivity contribution in [1.29, 1.82) is 0 Å². The number of aromatic nitrogens is 1. The number of rotatable bonds is 5. The summed E-state index contributed by atoms with van der Waals surface area (Å²) in [5.41, 5.74) is 1.56. The van der Waals surface area contributed by atoms with Crippen LogP contribution in [0.1, 0.15) is 37.1 Å². The van der Waals surface area contributed by atoms with Gasteiger partial charge < -0.3 is 14.8 Å². The molecule has 2 N–H and O–H groups in total. The van der Waals surface area contributed by atoms with Gasteiger partial charge in [0, 0.05) is 17.0 Å². The lowest BCUT2D eigenvalue weighted by atomic mass is 9.86. The van der Waals surface area contributed by atoms with E-state index in [0.29, 0.717) is 43.0 Å². The zero-order valence-corrected chi connectivity index (χ0v) is 14.3. The molecule has 2 heterocycles. The minimum atomic E-state index is -0.737. The van der Waals surface area contributed by atoms with E-state index in [1.54, 1.807) is 11.3 Å². The number of aryl methyl sites for hydroxylation is 1. The van der Waals surface area contributed by atoms with Crippen LogP contribution >= 0.6 is 11.3 Å². The fourth-order valence-electron chi connectivity index (χ4n) is 3.02. The molecule has 0 aliphatic heterocycles. The molecule has 128 valence electrons.